The molecule has 7 heteroatoms. The minimum Gasteiger partial charge on any atom is -0.486 e. The highest BCUT2D eigenvalue weighted by Gasteiger charge is 2.24. The van der Waals surface area contributed by atoms with Crippen molar-refractivity contribution in [1.29, 1.82) is 0 Å². The average molecular weight is 332 g/mol. The normalized spacial score (nSPS) is 16.4. The van der Waals surface area contributed by atoms with Crippen LogP contribution in [0.15, 0.2) is 47.6 Å². The fourth-order valence-corrected chi connectivity index (χ4v) is 2.37. The van der Waals surface area contributed by atoms with Crippen LogP contribution in [0.3, 0.4) is 0 Å². The maximum absolute atomic E-state index is 14.1. The molecule has 124 valence electrons. The van der Waals surface area contributed by atoms with E-state index in [2.05, 4.69) is 5.16 Å². The van der Waals surface area contributed by atoms with Crippen molar-refractivity contribution in [3.05, 3.63) is 65.2 Å². The second kappa shape index (κ2) is 6.66. The van der Waals surface area contributed by atoms with Gasteiger partial charge < -0.3 is 15.3 Å². The number of carbonyl (C=O) groups is 1. The first-order valence-corrected chi connectivity index (χ1v) is 7.25. The molecule has 0 fully saturated rings. The second-order valence-electron chi connectivity index (χ2n) is 5.25. The van der Waals surface area contributed by atoms with Crippen molar-refractivity contribution in [2.75, 3.05) is 6.61 Å². The van der Waals surface area contributed by atoms with E-state index in [-0.39, 0.29) is 12.4 Å². The Kier molecular flexibility index (Phi) is 4.41. The predicted octanol–water partition coefficient (Wildman–Crippen LogP) is 2.64. The number of rotatable bonds is 5. The number of nitrogens with zero attached hydrogens (tertiary/aromatic N) is 1. The monoisotopic (exact) mass is 332 g/mol. The van der Waals surface area contributed by atoms with Gasteiger partial charge in [0, 0.05) is 6.42 Å². The number of hydrogen-bond acceptors (Lipinski definition) is 4. The van der Waals surface area contributed by atoms with Crippen LogP contribution in [0, 0.1) is 11.6 Å². The van der Waals surface area contributed by atoms with Crippen LogP contribution in [0.2, 0.25) is 0 Å². The fourth-order valence-electron chi connectivity index (χ4n) is 2.37. The summed E-state index contributed by atoms with van der Waals surface area (Å²) in [6.45, 7) is 0.000583. The summed E-state index contributed by atoms with van der Waals surface area (Å²) in [4.78, 5) is 16.4. The summed E-state index contributed by atoms with van der Waals surface area (Å²) in [5.74, 6) is -3.60. The van der Waals surface area contributed by atoms with Gasteiger partial charge in [-0.1, -0.05) is 35.5 Å². The molecule has 0 radical (unpaired) electrons. The molecule has 0 saturated carbocycles. The van der Waals surface area contributed by atoms with E-state index >= 15 is 0 Å². The standard InChI is InChI=1S/C17H14F2N2O3/c18-12-6-7-14(16(19)15(12)17(20)22)23-9-11-8-13(21-24-11)10-4-2-1-3-5-10/h1-7,11H,8-9H2,(H2,20,22). The Labute approximate surface area is 136 Å². The Morgan fingerprint density at radius 1 is 1.25 bits per heavy atom. The summed E-state index contributed by atoms with van der Waals surface area (Å²) in [6.07, 6.45) is 0.0943. The number of benzene rings is 2. The molecule has 3 rings (SSSR count). The first kappa shape index (κ1) is 15.9. The number of oxime groups is 1. The van der Waals surface area contributed by atoms with Gasteiger partial charge in [-0.05, 0) is 17.7 Å². The fraction of sp³-hybridized carbons (Fsp3) is 0.176. The largest absolute Gasteiger partial charge is 0.486 e. The van der Waals surface area contributed by atoms with Crippen LogP contribution in [0.5, 0.6) is 5.75 Å². The molecule has 24 heavy (non-hydrogen) atoms. The number of amides is 1. The Morgan fingerprint density at radius 2 is 2.00 bits per heavy atom. The second-order valence-corrected chi connectivity index (χ2v) is 5.25. The summed E-state index contributed by atoms with van der Waals surface area (Å²) in [6, 6.07) is 11.5. The predicted molar refractivity (Wildman–Crippen MR) is 82.8 cm³/mol. The van der Waals surface area contributed by atoms with Crippen molar-refractivity contribution in [1.82, 2.24) is 0 Å². The minimum atomic E-state index is -1.19. The Morgan fingerprint density at radius 3 is 2.71 bits per heavy atom. The lowest BCUT2D eigenvalue weighted by Gasteiger charge is -2.12. The lowest BCUT2D eigenvalue weighted by molar-refractivity contribution is 0.0458. The van der Waals surface area contributed by atoms with Gasteiger partial charge >= 0.3 is 0 Å². The van der Waals surface area contributed by atoms with Gasteiger partial charge in [0.05, 0.1) is 5.71 Å². The highest BCUT2D eigenvalue weighted by Crippen LogP contribution is 2.24. The van der Waals surface area contributed by atoms with Gasteiger partial charge in [-0.2, -0.15) is 0 Å². The van der Waals surface area contributed by atoms with E-state index in [0.717, 1.165) is 23.4 Å². The average Bonchev–Trinajstić information content (AvgIpc) is 3.04. The lowest BCUT2D eigenvalue weighted by Crippen LogP contribution is -2.20. The van der Waals surface area contributed by atoms with Crippen LogP contribution in [0.25, 0.3) is 0 Å². The Hall–Kier alpha value is -2.96. The van der Waals surface area contributed by atoms with E-state index in [9.17, 15) is 13.6 Å². The third-order valence-electron chi connectivity index (χ3n) is 3.57. The molecule has 0 aromatic heterocycles. The van der Waals surface area contributed by atoms with Gasteiger partial charge in [0.25, 0.3) is 5.91 Å². The lowest BCUT2D eigenvalue weighted by atomic mass is 10.1. The molecule has 2 N–H and O–H groups in total. The van der Waals surface area contributed by atoms with Crippen LogP contribution < -0.4 is 10.5 Å². The number of carbonyl (C=O) groups excluding carboxylic acids is 1. The molecule has 0 saturated heterocycles. The SMILES string of the molecule is NC(=O)c1c(F)ccc(OCC2CC(c3ccccc3)=NO2)c1F. The van der Waals surface area contributed by atoms with E-state index in [4.69, 9.17) is 15.3 Å². The molecule has 1 aliphatic heterocycles. The van der Waals surface area contributed by atoms with Gasteiger partial charge in [-0.15, -0.1) is 0 Å². The zero-order chi connectivity index (χ0) is 17.1. The molecule has 5 nitrogen and oxygen atoms in total. The van der Waals surface area contributed by atoms with Gasteiger partial charge in [0.2, 0.25) is 0 Å². The summed E-state index contributed by atoms with van der Waals surface area (Å²) in [5, 5.41) is 3.99. The molecule has 0 bridgehead atoms. The molecular formula is C17H14F2N2O3. The minimum absolute atomic E-state index is 0.000583. The van der Waals surface area contributed by atoms with Crippen molar-refractivity contribution in [3.63, 3.8) is 0 Å². The highest BCUT2D eigenvalue weighted by molar-refractivity contribution is 6.01. The van der Waals surface area contributed by atoms with Crippen molar-refractivity contribution in [2.24, 2.45) is 10.9 Å². The number of primary amides is 1. The Bertz CT molecular complexity index is 794. The van der Waals surface area contributed by atoms with Crippen LogP contribution in [0.4, 0.5) is 8.78 Å². The maximum atomic E-state index is 14.1. The Balaban J connectivity index is 1.64. The van der Waals surface area contributed by atoms with Crippen LogP contribution in [0.1, 0.15) is 22.3 Å². The van der Waals surface area contributed by atoms with Gasteiger partial charge in [0.15, 0.2) is 17.7 Å². The van der Waals surface area contributed by atoms with E-state index in [1.807, 2.05) is 30.3 Å². The molecule has 1 heterocycles. The van der Waals surface area contributed by atoms with Gasteiger partial charge in [-0.25, -0.2) is 8.78 Å². The summed E-state index contributed by atoms with van der Waals surface area (Å²) in [5.41, 5.74) is 5.85. The summed E-state index contributed by atoms with van der Waals surface area (Å²) in [7, 11) is 0. The van der Waals surface area contributed by atoms with E-state index in [1.54, 1.807) is 0 Å². The zero-order valence-corrected chi connectivity index (χ0v) is 12.5. The number of ether oxygens (including phenoxy) is 1. The molecule has 1 atom stereocenters. The quantitative estimate of drug-likeness (QED) is 0.915. The van der Waals surface area contributed by atoms with Crippen LogP contribution in [-0.2, 0) is 4.84 Å². The molecule has 1 aliphatic rings. The molecule has 0 aliphatic carbocycles. The highest BCUT2D eigenvalue weighted by atomic mass is 19.1. The van der Waals surface area contributed by atoms with E-state index in [1.165, 1.54) is 0 Å². The summed E-state index contributed by atoms with van der Waals surface area (Å²) < 4.78 is 32.8. The molecule has 1 amide bonds. The van der Waals surface area contributed by atoms with E-state index < -0.39 is 29.2 Å². The van der Waals surface area contributed by atoms with Gasteiger partial charge in [0.1, 0.15) is 18.0 Å². The summed E-state index contributed by atoms with van der Waals surface area (Å²) >= 11 is 0. The van der Waals surface area contributed by atoms with E-state index in [0.29, 0.717) is 6.42 Å². The molecular weight excluding hydrogens is 318 g/mol. The van der Waals surface area contributed by atoms with Gasteiger partial charge in [-0.3, -0.25) is 4.79 Å². The maximum Gasteiger partial charge on any atom is 0.254 e. The van der Waals surface area contributed by atoms with Crippen molar-refractivity contribution >= 4 is 11.6 Å². The topological polar surface area (TPSA) is 73.9 Å². The molecule has 2 aromatic rings. The first-order valence-electron chi connectivity index (χ1n) is 7.25. The van der Waals surface area contributed by atoms with Crippen molar-refractivity contribution in [3.8, 4) is 5.75 Å². The van der Waals surface area contributed by atoms with Crippen molar-refractivity contribution < 1.29 is 23.1 Å². The smallest absolute Gasteiger partial charge is 0.254 e. The number of halogens is 2. The third-order valence-corrected chi connectivity index (χ3v) is 3.57. The van der Waals surface area contributed by atoms with Crippen LogP contribution in [-0.4, -0.2) is 24.3 Å². The molecule has 0 spiro atoms. The number of nitrogens with two attached hydrogens (primary N) is 1. The number of hydrogen-bond donors (Lipinski definition) is 1. The van der Waals surface area contributed by atoms with Crippen molar-refractivity contribution in [2.45, 2.75) is 12.5 Å². The third kappa shape index (κ3) is 3.19. The first-order chi connectivity index (χ1) is 11.6. The zero-order valence-electron chi connectivity index (χ0n) is 12.5. The van der Waals surface area contributed by atoms with Crippen LogP contribution >= 0.6 is 0 Å². The molecule has 1 unspecified atom stereocenters. The molecule has 2 aromatic carbocycles.